The number of aliphatic imine (C=N–C) groups is 2. The molecule has 0 saturated carbocycles. The summed E-state index contributed by atoms with van der Waals surface area (Å²) in [7, 11) is 0. The second-order valence-electron chi connectivity index (χ2n) is 6.61. The van der Waals surface area contributed by atoms with Crippen LogP contribution < -0.4 is 16.4 Å². The van der Waals surface area contributed by atoms with Crippen LogP contribution in [0.15, 0.2) is 64.6 Å². The second kappa shape index (κ2) is 7.45. The Morgan fingerprint density at radius 3 is 2.41 bits per heavy atom. The summed E-state index contributed by atoms with van der Waals surface area (Å²) >= 11 is 0. The summed E-state index contributed by atoms with van der Waals surface area (Å²) in [5.74, 6) is 0.476. The molecular weight excluding hydrogens is 344 g/mol. The van der Waals surface area contributed by atoms with E-state index in [4.69, 9.17) is 11.5 Å². The van der Waals surface area contributed by atoms with Crippen molar-refractivity contribution in [2.75, 3.05) is 4.90 Å². The summed E-state index contributed by atoms with van der Waals surface area (Å²) < 4.78 is 0. The number of hydrogen-bond donors (Lipinski definition) is 2. The van der Waals surface area contributed by atoms with Gasteiger partial charge in [0.15, 0.2) is 0 Å². The largest absolute Gasteiger partial charge is 0.369 e. The molecule has 8 heteroatoms. The Morgan fingerprint density at radius 2 is 1.78 bits per heavy atom. The third-order valence-corrected chi connectivity index (χ3v) is 4.57. The molecule has 0 spiro atoms. The van der Waals surface area contributed by atoms with Crippen molar-refractivity contribution in [2.24, 2.45) is 21.5 Å². The number of nitro groups is 1. The number of nitro benzene ring substituents is 1. The molecule has 1 atom stereocenters. The standard InChI is InChI=1S/C19H22N6O2/c1-19(13-5-6-14-9-11-16(12-10-14)25(26)27)23-17(20)22-18(21)24(19)15-7-3-2-4-8-15/h2-4,7-12H,5-6,13H2,1H3,(H4,20,21,22,23). The van der Waals surface area contributed by atoms with Gasteiger partial charge in [-0.15, -0.1) is 0 Å². The van der Waals surface area contributed by atoms with Crippen LogP contribution in [0, 0.1) is 10.1 Å². The molecule has 1 heterocycles. The first-order valence-corrected chi connectivity index (χ1v) is 8.67. The van der Waals surface area contributed by atoms with Crippen LogP contribution in [0.3, 0.4) is 0 Å². The van der Waals surface area contributed by atoms with Gasteiger partial charge in [-0.1, -0.05) is 30.3 Å². The molecule has 3 rings (SSSR count). The molecule has 0 aliphatic carbocycles. The number of benzene rings is 2. The minimum absolute atomic E-state index is 0.0922. The summed E-state index contributed by atoms with van der Waals surface area (Å²) in [4.78, 5) is 20.9. The van der Waals surface area contributed by atoms with Crippen molar-refractivity contribution in [3.05, 3.63) is 70.3 Å². The van der Waals surface area contributed by atoms with Crippen molar-refractivity contribution in [1.29, 1.82) is 0 Å². The summed E-state index contributed by atoms with van der Waals surface area (Å²) in [6, 6.07) is 16.3. The first-order valence-electron chi connectivity index (χ1n) is 8.67. The zero-order valence-electron chi connectivity index (χ0n) is 15.1. The number of para-hydroxylation sites is 1. The van der Waals surface area contributed by atoms with Gasteiger partial charge in [-0.05, 0) is 43.9 Å². The maximum Gasteiger partial charge on any atom is 0.269 e. The number of rotatable bonds is 6. The highest BCUT2D eigenvalue weighted by Gasteiger charge is 2.36. The van der Waals surface area contributed by atoms with Gasteiger partial charge >= 0.3 is 0 Å². The normalized spacial score (nSPS) is 19.4. The molecule has 27 heavy (non-hydrogen) atoms. The average molecular weight is 366 g/mol. The third kappa shape index (κ3) is 4.05. The lowest BCUT2D eigenvalue weighted by Gasteiger charge is -2.41. The van der Waals surface area contributed by atoms with E-state index in [2.05, 4.69) is 9.98 Å². The van der Waals surface area contributed by atoms with Gasteiger partial charge < -0.3 is 11.5 Å². The minimum atomic E-state index is -0.655. The maximum absolute atomic E-state index is 10.8. The molecule has 0 saturated heterocycles. The predicted molar refractivity (Wildman–Crippen MR) is 107 cm³/mol. The molecule has 0 bridgehead atoms. The molecule has 1 aliphatic rings. The van der Waals surface area contributed by atoms with Crippen molar-refractivity contribution in [3.63, 3.8) is 0 Å². The molecule has 2 aromatic rings. The topological polar surface area (TPSA) is 123 Å². The van der Waals surface area contributed by atoms with Crippen molar-refractivity contribution in [3.8, 4) is 0 Å². The molecule has 1 aliphatic heterocycles. The zero-order valence-corrected chi connectivity index (χ0v) is 15.1. The summed E-state index contributed by atoms with van der Waals surface area (Å²) in [6.07, 6.45) is 2.26. The highest BCUT2D eigenvalue weighted by molar-refractivity contribution is 6.05. The van der Waals surface area contributed by atoms with Crippen LogP contribution >= 0.6 is 0 Å². The van der Waals surface area contributed by atoms with Crippen LogP contribution in [0.5, 0.6) is 0 Å². The zero-order chi connectivity index (χ0) is 19.4. The summed E-state index contributed by atoms with van der Waals surface area (Å²) in [6.45, 7) is 1.98. The lowest BCUT2D eigenvalue weighted by atomic mass is 9.99. The van der Waals surface area contributed by atoms with Gasteiger partial charge in [0, 0.05) is 17.8 Å². The number of nitrogens with zero attached hydrogens (tertiary/aromatic N) is 4. The fourth-order valence-electron chi connectivity index (χ4n) is 3.30. The molecule has 0 amide bonds. The van der Waals surface area contributed by atoms with E-state index in [1.807, 2.05) is 42.2 Å². The average Bonchev–Trinajstić information content (AvgIpc) is 2.62. The fraction of sp³-hybridized carbons (Fsp3) is 0.263. The van der Waals surface area contributed by atoms with Gasteiger partial charge in [0.05, 0.1) is 4.92 Å². The Hall–Kier alpha value is -3.42. The first kappa shape index (κ1) is 18.4. The van der Waals surface area contributed by atoms with Crippen LogP contribution in [0.25, 0.3) is 0 Å². The smallest absolute Gasteiger partial charge is 0.269 e. The number of nitrogens with two attached hydrogens (primary N) is 2. The van der Waals surface area contributed by atoms with Crippen LogP contribution in [0.1, 0.15) is 25.3 Å². The summed E-state index contributed by atoms with van der Waals surface area (Å²) in [5, 5.41) is 10.8. The number of aryl methyl sites for hydroxylation is 1. The van der Waals surface area contributed by atoms with Gasteiger partial charge in [-0.25, -0.2) is 4.99 Å². The van der Waals surface area contributed by atoms with Crippen LogP contribution in [0.2, 0.25) is 0 Å². The van der Waals surface area contributed by atoms with Crippen molar-refractivity contribution >= 4 is 23.3 Å². The predicted octanol–water partition coefficient (Wildman–Crippen LogP) is 2.78. The second-order valence-corrected chi connectivity index (χ2v) is 6.61. The number of anilines is 1. The van der Waals surface area contributed by atoms with E-state index < -0.39 is 10.6 Å². The molecule has 0 radical (unpaired) electrons. The quantitative estimate of drug-likeness (QED) is 0.601. The Balaban J connectivity index is 1.74. The fourth-order valence-corrected chi connectivity index (χ4v) is 3.30. The Labute approximate surface area is 157 Å². The highest BCUT2D eigenvalue weighted by atomic mass is 16.6. The summed E-state index contributed by atoms with van der Waals surface area (Å²) in [5.41, 5.74) is 13.4. The molecular formula is C19H22N6O2. The SMILES string of the molecule is CC1(CCCc2ccc([N+](=O)[O-])cc2)N=C(N)N=C(N)N1c1ccccc1. The maximum atomic E-state index is 10.8. The Bertz CT molecular complexity index is 879. The minimum Gasteiger partial charge on any atom is -0.369 e. The third-order valence-electron chi connectivity index (χ3n) is 4.57. The molecule has 1 unspecified atom stereocenters. The molecule has 2 aromatic carbocycles. The van der Waals surface area contributed by atoms with Gasteiger partial charge in [0.25, 0.3) is 5.69 Å². The number of non-ortho nitro benzene ring substituents is 1. The first-order chi connectivity index (χ1) is 12.9. The van der Waals surface area contributed by atoms with E-state index in [1.54, 1.807) is 12.1 Å². The van der Waals surface area contributed by atoms with Crippen molar-refractivity contribution in [1.82, 2.24) is 0 Å². The van der Waals surface area contributed by atoms with E-state index in [0.717, 1.165) is 24.1 Å². The van der Waals surface area contributed by atoms with E-state index in [0.29, 0.717) is 12.4 Å². The van der Waals surface area contributed by atoms with E-state index >= 15 is 0 Å². The number of hydrogen-bond acceptors (Lipinski definition) is 7. The molecule has 0 aromatic heterocycles. The Morgan fingerprint density at radius 1 is 1.11 bits per heavy atom. The molecule has 140 valence electrons. The van der Waals surface area contributed by atoms with E-state index in [9.17, 15) is 10.1 Å². The van der Waals surface area contributed by atoms with E-state index in [1.165, 1.54) is 12.1 Å². The van der Waals surface area contributed by atoms with Crippen molar-refractivity contribution in [2.45, 2.75) is 31.8 Å². The highest BCUT2D eigenvalue weighted by Crippen LogP contribution is 2.31. The lowest BCUT2D eigenvalue weighted by Crippen LogP contribution is -2.56. The van der Waals surface area contributed by atoms with Crippen molar-refractivity contribution < 1.29 is 4.92 Å². The van der Waals surface area contributed by atoms with Crippen LogP contribution in [0.4, 0.5) is 11.4 Å². The monoisotopic (exact) mass is 366 g/mol. The van der Waals surface area contributed by atoms with Gasteiger partial charge in [-0.3, -0.25) is 15.0 Å². The lowest BCUT2D eigenvalue weighted by molar-refractivity contribution is -0.384. The van der Waals surface area contributed by atoms with Gasteiger partial charge in [0.2, 0.25) is 11.9 Å². The van der Waals surface area contributed by atoms with Gasteiger partial charge in [-0.2, -0.15) is 4.99 Å². The van der Waals surface area contributed by atoms with Gasteiger partial charge in [0.1, 0.15) is 5.66 Å². The van der Waals surface area contributed by atoms with Crippen LogP contribution in [-0.4, -0.2) is 22.5 Å². The molecule has 4 N–H and O–H groups in total. The molecule has 8 nitrogen and oxygen atoms in total. The molecule has 0 fully saturated rings. The number of guanidine groups is 2. The Kier molecular flexibility index (Phi) is 5.07. The van der Waals surface area contributed by atoms with Crippen LogP contribution in [-0.2, 0) is 6.42 Å². The van der Waals surface area contributed by atoms with E-state index in [-0.39, 0.29) is 11.6 Å².